The summed E-state index contributed by atoms with van der Waals surface area (Å²) in [6.45, 7) is 3.92. The highest BCUT2D eigenvalue weighted by Crippen LogP contribution is 2.13. The lowest BCUT2D eigenvalue weighted by atomic mass is 10.4. The van der Waals surface area contributed by atoms with E-state index in [1.165, 1.54) is 0 Å². The third-order valence-electron chi connectivity index (χ3n) is 1.11. The standard InChI is InChI=1S/C8H12N2O.ClH/c1-6(2)11-8-3-7(9)4-10-5-8;/h3-6H,9H2,1-2H3;1H. The number of ether oxygens (including phenoxy) is 1. The summed E-state index contributed by atoms with van der Waals surface area (Å²) in [6.07, 6.45) is 3.40. The van der Waals surface area contributed by atoms with Gasteiger partial charge in [0.1, 0.15) is 5.75 Å². The van der Waals surface area contributed by atoms with Crippen LogP contribution in [0.3, 0.4) is 0 Å². The highest BCUT2D eigenvalue weighted by Gasteiger charge is 1.96. The molecule has 0 aliphatic rings. The van der Waals surface area contributed by atoms with E-state index >= 15 is 0 Å². The normalized spacial score (nSPS) is 9.25. The number of nitrogens with two attached hydrogens (primary N) is 1. The van der Waals surface area contributed by atoms with Crippen molar-refractivity contribution in [1.82, 2.24) is 4.98 Å². The summed E-state index contributed by atoms with van der Waals surface area (Å²) in [7, 11) is 0. The van der Waals surface area contributed by atoms with Crippen molar-refractivity contribution in [3.8, 4) is 5.75 Å². The summed E-state index contributed by atoms with van der Waals surface area (Å²) in [5.74, 6) is 0.722. The lowest BCUT2D eigenvalue weighted by Gasteiger charge is -2.08. The molecule has 0 aliphatic carbocycles. The molecule has 1 rings (SSSR count). The molecule has 0 aromatic carbocycles. The van der Waals surface area contributed by atoms with Crippen LogP contribution in [0.15, 0.2) is 18.5 Å². The van der Waals surface area contributed by atoms with Gasteiger partial charge in [-0.05, 0) is 13.8 Å². The van der Waals surface area contributed by atoms with Gasteiger partial charge in [-0.25, -0.2) is 0 Å². The maximum Gasteiger partial charge on any atom is 0.140 e. The predicted octanol–water partition coefficient (Wildman–Crippen LogP) is 1.87. The molecule has 0 fully saturated rings. The molecular weight excluding hydrogens is 176 g/mol. The largest absolute Gasteiger partial charge is 0.489 e. The van der Waals surface area contributed by atoms with Crippen LogP contribution in [0.5, 0.6) is 5.75 Å². The molecule has 0 aliphatic heterocycles. The summed E-state index contributed by atoms with van der Waals surface area (Å²) in [5, 5.41) is 0. The first-order valence-electron chi connectivity index (χ1n) is 3.55. The minimum atomic E-state index is 0. The van der Waals surface area contributed by atoms with Crippen LogP contribution >= 0.6 is 12.4 Å². The molecule has 0 spiro atoms. The maximum absolute atomic E-state index is 5.49. The Hall–Kier alpha value is -0.960. The molecule has 0 unspecified atom stereocenters. The van der Waals surface area contributed by atoms with Gasteiger partial charge >= 0.3 is 0 Å². The molecule has 1 aromatic rings. The Bertz CT molecular complexity index is 240. The Balaban J connectivity index is 0.00000121. The van der Waals surface area contributed by atoms with Crippen LogP contribution in [0.2, 0.25) is 0 Å². The monoisotopic (exact) mass is 188 g/mol. The molecule has 0 radical (unpaired) electrons. The fourth-order valence-electron chi connectivity index (χ4n) is 0.772. The molecule has 0 saturated carbocycles. The summed E-state index contributed by atoms with van der Waals surface area (Å²) in [4.78, 5) is 3.89. The smallest absolute Gasteiger partial charge is 0.140 e. The highest BCUT2D eigenvalue weighted by atomic mass is 35.5. The molecule has 12 heavy (non-hydrogen) atoms. The second-order valence-electron chi connectivity index (χ2n) is 2.62. The van der Waals surface area contributed by atoms with Gasteiger partial charge in [0.15, 0.2) is 0 Å². The van der Waals surface area contributed by atoms with Gasteiger partial charge < -0.3 is 10.5 Å². The molecule has 3 nitrogen and oxygen atoms in total. The maximum atomic E-state index is 5.49. The molecule has 0 bridgehead atoms. The quantitative estimate of drug-likeness (QED) is 0.771. The Morgan fingerprint density at radius 2 is 2.08 bits per heavy atom. The summed E-state index contributed by atoms with van der Waals surface area (Å²) in [5.41, 5.74) is 6.12. The van der Waals surface area contributed by atoms with E-state index in [1.807, 2.05) is 13.8 Å². The molecule has 1 aromatic heterocycles. The van der Waals surface area contributed by atoms with Gasteiger partial charge in [-0.1, -0.05) is 0 Å². The van der Waals surface area contributed by atoms with E-state index in [1.54, 1.807) is 18.5 Å². The Labute approximate surface area is 78.4 Å². The van der Waals surface area contributed by atoms with E-state index in [2.05, 4.69) is 4.98 Å². The Kier molecular flexibility index (Phi) is 4.44. The average Bonchev–Trinajstić information content (AvgIpc) is 1.85. The van der Waals surface area contributed by atoms with Crippen molar-refractivity contribution < 1.29 is 4.74 Å². The minimum absolute atomic E-state index is 0. The molecule has 2 N–H and O–H groups in total. The van der Waals surface area contributed by atoms with E-state index in [0.29, 0.717) is 5.69 Å². The number of pyridine rings is 1. The van der Waals surface area contributed by atoms with Crippen LogP contribution < -0.4 is 10.5 Å². The second kappa shape index (κ2) is 4.83. The van der Waals surface area contributed by atoms with Crippen LogP contribution in [-0.4, -0.2) is 11.1 Å². The van der Waals surface area contributed by atoms with Crippen LogP contribution in [0.4, 0.5) is 5.69 Å². The highest BCUT2D eigenvalue weighted by molar-refractivity contribution is 5.85. The molecular formula is C8H13ClN2O. The van der Waals surface area contributed by atoms with Gasteiger partial charge in [0.05, 0.1) is 24.2 Å². The first-order valence-corrected chi connectivity index (χ1v) is 3.55. The zero-order valence-electron chi connectivity index (χ0n) is 7.15. The number of nitrogens with zero attached hydrogens (tertiary/aromatic N) is 1. The van der Waals surface area contributed by atoms with Crippen molar-refractivity contribution in [2.24, 2.45) is 0 Å². The van der Waals surface area contributed by atoms with E-state index in [-0.39, 0.29) is 18.5 Å². The molecule has 4 heteroatoms. The summed E-state index contributed by atoms with van der Waals surface area (Å²) < 4.78 is 5.35. The molecule has 0 saturated heterocycles. The first kappa shape index (κ1) is 11.0. The van der Waals surface area contributed by atoms with Crippen LogP contribution in [-0.2, 0) is 0 Å². The number of aromatic nitrogens is 1. The van der Waals surface area contributed by atoms with Crippen LogP contribution in [0.1, 0.15) is 13.8 Å². The van der Waals surface area contributed by atoms with Crippen molar-refractivity contribution in [2.75, 3.05) is 5.73 Å². The summed E-state index contributed by atoms with van der Waals surface area (Å²) >= 11 is 0. The minimum Gasteiger partial charge on any atom is -0.489 e. The lowest BCUT2D eigenvalue weighted by molar-refractivity contribution is 0.241. The molecule has 0 amide bonds. The third-order valence-corrected chi connectivity index (χ3v) is 1.11. The predicted molar refractivity (Wildman–Crippen MR) is 51.7 cm³/mol. The van der Waals surface area contributed by atoms with Crippen LogP contribution in [0, 0.1) is 0 Å². The van der Waals surface area contributed by atoms with Gasteiger partial charge in [0.2, 0.25) is 0 Å². The van der Waals surface area contributed by atoms with Crippen molar-refractivity contribution in [3.05, 3.63) is 18.5 Å². The van der Waals surface area contributed by atoms with Crippen molar-refractivity contribution in [2.45, 2.75) is 20.0 Å². The number of nitrogen functional groups attached to an aromatic ring is 1. The van der Waals surface area contributed by atoms with Gasteiger partial charge in [-0.2, -0.15) is 0 Å². The van der Waals surface area contributed by atoms with Crippen molar-refractivity contribution >= 4 is 18.1 Å². The number of anilines is 1. The number of halogens is 1. The third kappa shape index (κ3) is 3.44. The Morgan fingerprint density at radius 3 is 2.58 bits per heavy atom. The van der Waals surface area contributed by atoms with E-state index in [9.17, 15) is 0 Å². The first-order chi connectivity index (χ1) is 5.18. The van der Waals surface area contributed by atoms with E-state index < -0.39 is 0 Å². The van der Waals surface area contributed by atoms with Gasteiger partial charge in [-0.3, -0.25) is 4.98 Å². The van der Waals surface area contributed by atoms with Gasteiger partial charge in [-0.15, -0.1) is 12.4 Å². The molecule has 68 valence electrons. The SMILES string of the molecule is CC(C)Oc1cncc(N)c1.Cl. The zero-order valence-corrected chi connectivity index (χ0v) is 7.97. The van der Waals surface area contributed by atoms with Crippen LogP contribution in [0.25, 0.3) is 0 Å². The number of rotatable bonds is 2. The average molecular weight is 189 g/mol. The van der Waals surface area contributed by atoms with E-state index in [4.69, 9.17) is 10.5 Å². The number of hydrogen-bond donors (Lipinski definition) is 1. The van der Waals surface area contributed by atoms with Crippen molar-refractivity contribution in [1.29, 1.82) is 0 Å². The Morgan fingerprint density at radius 1 is 1.42 bits per heavy atom. The fourth-order valence-corrected chi connectivity index (χ4v) is 0.772. The zero-order chi connectivity index (χ0) is 8.27. The number of hydrogen-bond acceptors (Lipinski definition) is 3. The van der Waals surface area contributed by atoms with E-state index in [0.717, 1.165) is 5.75 Å². The lowest BCUT2D eigenvalue weighted by Crippen LogP contribution is -2.05. The molecule has 1 heterocycles. The van der Waals surface area contributed by atoms with Gasteiger partial charge in [0, 0.05) is 6.07 Å². The topological polar surface area (TPSA) is 48.1 Å². The summed E-state index contributed by atoms with van der Waals surface area (Å²) in [6, 6.07) is 1.76. The fraction of sp³-hybridized carbons (Fsp3) is 0.375. The van der Waals surface area contributed by atoms with Gasteiger partial charge in [0.25, 0.3) is 0 Å². The van der Waals surface area contributed by atoms with Crippen molar-refractivity contribution in [3.63, 3.8) is 0 Å². The molecule has 0 atom stereocenters. The second-order valence-corrected chi connectivity index (χ2v) is 2.62.